The van der Waals surface area contributed by atoms with Crippen molar-refractivity contribution in [2.45, 2.75) is 43.9 Å². The predicted octanol–water partition coefficient (Wildman–Crippen LogP) is 4.84. The summed E-state index contributed by atoms with van der Waals surface area (Å²) in [5, 5.41) is 13.7. The normalized spacial score (nSPS) is 18.8. The Morgan fingerprint density at radius 1 is 1.15 bits per heavy atom. The lowest BCUT2D eigenvalue weighted by atomic mass is 9.81. The highest BCUT2D eigenvalue weighted by molar-refractivity contribution is 6.31. The molecule has 0 spiro atoms. The molecular formula is C33H28ClF4N5O5. The molecule has 4 aromatic rings. The third kappa shape index (κ3) is 5.48. The molecule has 10 nitrogen and oxygen atoms in total. The van der Waals surface area contributed by atoms with Crippen LogP contribution in [-0.2, 0) is 20.6 Å². The molecule has 2 aliphatic rings. The van der Waals surface area contributed by atoms with Gasteiger partial charge in [-0.3, -0.25) is 19.4 Å². The number of hydrogen-bond donors (Lipinski definition) is 3. The minimum Gasteiger partial charge on any atom is -0.489 e. The number of hydrogen-bond acceptors (Lipinski definition) is 7. The van der Waals surface area contributed by atoms with Crippen LogP contribution in [-0.4, -0.2) is 58.7 Å². The van der Waals surface area contributed by atoms with Crippen LogP contribution in [0, 0.1) is 12.7 Å². The number of nitrogens with two attached hydrogens (primary N) is 1. The maximum absolute atomic E-state index is 14.9. The number of pyridine rings is 2. The smallest absolute Gasteiger partial charge is 0.424 e. The van der Waals surface area contributed by atoms with Gasteiger partial charge in [0.05, 0.1) is 28.5 Å². The zero-order chi connectivity index (χ0) is 34.8. The topological polar surface area (TPSA) is 148 Å². The van der Waals surface area contributed by atoms with Gasteiger partial charge < -0.3 is 25.8 Å². The average molecular weight is 686 g/mol. The molecule has 2 aromatic heterocycles. The fourth-order valence-corrected chi connectivity index (χ4v) is 6.02. The van der Waals surface area contributed by atoms with E-state index in [9.17, 15) is 37.1 Å². The van der Waals surface area contributed by atoms with Crippen molar-refractivity contribution in [3.8, 4) is 17.0 Å². The summed E-state index contributed by atoms with van der Waals surface area (Å²) >= 11 is 5.95. The van der Waals surface area contributed by atoms with E-state index >= 15 is 0 Å². The fraction of sp³-hybridized carbons (Fsp3) is 0.303. The summed E-state index contributed by atoms with van der Waals surface area (Å²) in [6.45, 7) is 1.75. The van der Waals surface area contributed by atoms with Gasteiger partial charge in [-0.05, 0) is 62.7 Å². The molecule has 1 saturated heterocycles. The Hall–Kier alpha value is -4.82. The Balaban J connectivity index is 1.43. The number of anilines is 1. The van der Waals surface area contributed by atoms with Crippen molar-refractivity contribution in [1.82, 2.24) is 15.3 Å². The van der Waals surface area contributed by atoms with Gasteiger partial charge in [0.25, 0.3) is 5.91 Å². The second-order valence-electron chi connectivity index (χ2n) is 12.1. The van der Waals surface area contributed by atoms with Gasteiger partial charge in [0.1, 0.15) is 29.3 Å². The highest BCUT2D eigenvalue weighted by Crippen LogP contribution is 2.48. The molecule has 4 heterocycles. The zero-order valence-electron chi connectivity index (χ0n) is 25.5. The van der Waals surface area contributed by atoms with Gasteiger partial charge in [-0.2, -0.15) is 13.2 Å². The minimum atomic E-state index is -5.42. The van der Waals surface area contributed by atoms with Gasteiger partial charge in [-0.1, -0.05) is 17.7 Å². The lowest BCUT2D eigenvalue weighted by Gasteiger charge is -2.31. The van der Waals surface area contributed by atoms with Crippen LogP contribution in [0.15, 0.2) is 48.5 Å². The van der Waals surface area contributed by atoms with Gasteiger partial charge in [0.15, 0.2) is 0 Å². The molecule has 250 valence electrons. The maximum atomic E-state index is 14.9. The van der Waals surface area contributed by atoms with Crippen molar-refractivity contribution >= 4 is 45.9 Å². The van der Waals surface area contributed by atoms with Crippen molar-refractivity contribution in [2.24, 2.45) is 5.73 Å². The molecule has 2 atom stereocenters. The molecule has 15 heteroatoms. The Kier molecular flexibility index (Phi) is 8.07. The number of carbonyl (C=O) groups is 3. The van der Waals surface area contributed by atoms with Crippen LogP contribution in [0.4, 0.5) is 23.2 Å². The summed E-state index contributed by atoms with van der Waals surface area (Å²) < 4.78 is 64.3. The summed E-state index contributed by atoms with van der Waals surface area (Å²) in [5.74, 6) is -2.98. The lowest BCUT2D eigenvalue weighted by Crippen LogP contribution is -2.51. The molecule has 0 radical (unpaired) electrons. The molecule has 2 aromatic carbocycles. The number of amides is 3. The first-order valence-electron chi connectivity index (χ1n) is 14.8. The second-order valence-corrected chi connectivity index (χ2v) is 12.5. The number of aryl methyl sites for hydroxylation is 1. The number of rotatable bonds is 7. The van der Waals surface area contributed by atoms with Gasteiger partial charge in [-0.25, -0.2) is 9.37 Å². The Morgan fingerprint density at radius 2 is 1.90 bits per heavy atom. The molecule has 4 N–H and O–H groups in total. The number of nitrogens with zero attached hydrogens (tertiary/aromatic N) is 3. The summed E-state index contributed by atoms with van der Waals surface area (Å²) in [5.41, 5.74) is 0.248. The van der Waals surface area contributed by atoms with E-state index in [0.717, 1.165) is 18.2 Å². The standard InChI is InChI=1S/C33H28ClF4N5O5/c1-16-5-6-17-10-19(12-23(26(17)41-16)43-9-3-4-25(43)44)29(45)40-14-32(47,33(36,37)38)24-13-20-28(48-15-31(20,2)30(39)46)27(42-24)18-7-8-22(35)21(34)11-18/h5-8,10-13,47H,3-4,9,14-15H2,1-2H3,(H2,39,46)(H,40,45)/t31-,32?/m0/s1. The molecule has 0 saturated carbocycles. The SMILES string of the molecule is Cc1ccc2cc(C(=O)NCC(O)(c3cc4c(c(-c5ccc(F)c(Cl)c5)n3)OC[C@]4(C)C(N)=O)C(F)(F)F)cc(N3CCCC3=O)c2n1. The monoisotopic (exact) mass is 685 g/mol. The number of aliphatic hydroxyl groups is 1. The van der Waals surface area contributed by atoms with Gasteiger partial charge in [0.2, 0.25) is 17.4 Å². The van der Waals surface area contributed by atoms with Crippen molar-refractivity contribution < 1.29 is 41.8 Å². The van der Waals surface area contributed by atoms with E-state index in [1.807, 2.05) is 0 Å². The number of primary amides is 1. The number of halogens is 5. The van der Waals surface area contributed by atoms with Gasteiger partial charge >= 0.3 is 6.18 Å². The molecule has 1 unspecified atom stereocenters. The Labute approximate surface area is 275 Å². The van der Waals surface area contributed by atoms with Crippen molar-refractivity contribution in [3.05, 3.63) is 81.9 Å². The van der Waals surface area contributed by atoms with E-state index in [-0.39, 0.29) is 45.7 Å². The largest absolute Gasteiger partial charge is 0.489 e. The number of benzene rings is 2. The van der Waals surface area contributed by atoms with Crippen LogP contribution in [0.3, 0.4) is 0 Å². The molecular weight excluding hydrogens is 658 g/mol. The summed E-state index contributed by atoms with van der Waals surface area (Å²) in [6.07, 6.45) is -4.54. The molecule has 1 fully saturated rings. The number of aromatic nitrogens is 2. The summed E-state index contributed by atoms with van der Waals surface area (Å²) in [4.78, 5) is 48.7. The average Bonchev–Trinajstić information content (AvgIpc) is 3.62. The number of carbonyl (C=O) groups excluding carboxylic acids is 3. The van der Waals surface area contributed by atoms with E-state index in [2.05, 4.69) is 15.3 Å². The lowest BCUT2D eigenvalue weighted by molar-refractivity contribution is -0.265. The van der Waals surface area contributed by atoms with E-state index in [4.69, 9.17) is 22.1 Å². The maximum Gasteiger partial charge on any atom is 0.424 e. The van der Waals surface area contributed by atoms with E-state index in [1.165, 1.54) is 30.0 Å². The first kappa shape index (κ1) is 33.1. The molecule has 0 bridgehead atoms. The third-order valence-corrected chi connectivity index (χ3v) is 9.03. The van der Waals surface area contributed by atoms with Crippen LogP contribution in [0.2, 0.25) is 5.02 Å². The fourth-order valence-electron chi connectivity index (χ4n) is 5.84. The van der Waals surface area contributed by atoms with Crippen molar-refractivity contribution in [3.63, 3.8) is 0 Å². The van der Waals surface area contributed by atoms with Crippen molar-refractivity contribution in [2.75, 3.05) is 24.6 Å². The quantitative estimate of drug-likeness (QED) is 0.236. The highest BCUT2D eigenvalue weighted by atomic mass is 35.5. The first-order chi connectivity index (χ1) is 22.5. The first-order valence-corrected chi connectivity index (χ1v) is 15.1. The highest BCUT2D eigenvalue weighted by Gasteiger charge is 2.57. The number of nitrogens with one attached hydrogen (secondary N) is 1. The molecule has 3 amide bonds. The number of fused-ring (bicyclic) bond motifs is 2. The molecule has 2 aliphatic heterocycles. The van der Waals surface area contributed by atoms with Crippen LogP contribution >= 0.6 is 11.6 Å². The molecule has 48 heavy (non-hydrogen) atoms. The zero-order valence-corrected chi connectivity index (χ0v) is 26.3. The molecule has 6 rings (SSSR count). The molecule has 0 aliphatic carbocycles. The Morgan fingerprint density at radius 3 is 2.54 bits per heavy atom. The van der Waals surface area contributed by atoms with Crippen LogP contribution in [0.1, 0.15) is 47.1 Å². The third-order valence-electron chi connectivity index (χ3n) is 8.74. The summed E-state index contributed by atoms with van der Waals surface area (Å²) in [6, 6.07) is 10.3. The van der Waals surface area contributed by atoms with Gasteiger partial charge in [0, 0.05) is 40.7 Å². The van der Waals surface area contributed by atoms with Crippen molar-refractivity contribution in [1.29, 1.82) is 0 Å². The minimum absolute atomic E-state index is 0.0331. The van der Waals surface area contributed by atoms with E-state index < -0.39 is 47.1 Å². The summed E-state index contributed by atoms with van der Waals surface area (Å²) in [7, 11) is 0. The van der Waals surface area contributed by atoms with E-state index in [1.54, 1.807) is 19.1 Å². The van der Waals surface area contributed by atoms with Crippen LogP contribution in [0.5, 0.6) is 5.75 Å². The predicted molar refractivity (Wildman–Crippen MR) is 167 cm³/mol. The van der Waals surface area contributed by atoms with E-state index in [0.29, 0.717) is 41.7 Å². The Bertz CT molecular complexity index is 2020. The van der Waals surface area contributed by atoms with Crippen LogP contribution in [0.25, 0.3) is 22.2 Å². The van der Waals surface area contributed by atoms with Crippen LogP contribution < -0.4 is 20.7 Å². The number of alkyl halides is 3. The van der Waals surface area contributed by atoms with Gasteiger partial charge in [-0.15, -0.1) is 0 Å². The number of ether oxygens (including phenoxy) is 1. The second kappa shape index (κ2) is 11.7.